The topological polar surface area (TPSA) is 24.7 Å². The van der Waals surface area contributed by atoms with Gasteiger partial charge in [-0.2, -0.15) is 32.2 Å². The molecule has 2 nitrogen and oxygen atoms in total. The van der Waals surface area contributed by atoms with Crippen molar-refractivity contribution in [2.45, 2.75) is 19.0 Å². The Morgan fingerprint density at radius 3 is 2.00 bits per heavy atom. The Balaban J connectivity index is 3.01. The lowest BCUT2D eigenvalue weighted by molar-refractivity contribution is -0.270. The zero-order valence-electron chi connectivity index (χ0n) is 9.55. The fourth-order valence-electron chi connectivity index (χ4n) is 1.02. The highest BCUT2D eigenvalue weighted by Crippen LogP contribution is 2.42. The van der Waals surface area contributed by atoms with Crippen molar-refractivity contribution in [3.05, 3.63) is 41.9 Å². The van der Waals surface area contributed by atoms with E-state index >= 15 is 0 Å². The third-order valence-corrected chi connectivity index (χ3v) is 2.02. The third kappa shape index (κ3) is 3.55. The number of nitrogens with zero attached hydrogens (tertiary/aromatic N) is 2. The number of benzene rings is 1. The predicted molar refractivity (Wildman–Crippen MR) is 55.8 cm³/mol. The second-order valence-electron chi connectivity index (χ2n) is 3.51. The first-order chi connectivity index (χ1) is 8.66. The molecule has 0 radical (unpaired) electrons. The van der Waals surface area contributed by atoms with Crippen LogP contribution in [0.15, 0.2) is 52.1 Å². The largest absolute Gasteiger partial charge is 0.460 e. The molecule has 0 unspecified atom stereocenters. The zero-order valence-corrected chi connectivity index (χ0v) is 9.55. The highest BCUT2D eigenvalue weighted by molar-refractivity contribution is 5.35. The molecule has 0 heterocycles. The lowest BCUT2D eigenvalue weighted by atomic mass is 10.2. The van der Waals surface area contributed by atoms with Gasteiger partial charge in [-0.15, -0.1) is 0 Å². The van der Waals surface area contributed by atoms with Gasteiger partial charge in [0.25, 0.3) is 0 Å². The van der Waals surface area contributed by atoms with Crippen LogP contribution >= 0.6 is 0 Å². The van der Waals surface area contributed by atoms with E-state index in [0.29, 0.717) is 6.92 Å². The Kier molecular flexibility index (Phi) is 4.33. The molecule has 0 spiro atoms. The Bertz CT molecular complexity index is 490. The summed E-state index contributed by atoms with van der Waals surface area (Å²) in [7, 11) is 0. The van der Waals surface area contributed by atoms with Gasteiger partial charge >= 0.3 is 12.1 Å². The van der Waals surface area contributed by atoms with Crippen molar-refractivity contribution in [1.82, 2.24) is 0 Å². The van der Waals surface area contributed by atoms with Crippen LogP contribution in [0.1, 0.15) is 6.92 Å². The van der Waals surface area contributed by atoms with Crippen molar-refractivity contribution in [3.63, 3.8) is 0 Å². The van der Waals surface area contributed by atoms with Gasteiger partial charge in [0.1, 0.15) is 0 Å². The first kappa shape index (κ1) is 15.2. The van der Waals surface area contributed by atoms with Crippen LogP contribution in [0, 0.1) is 0 Å². The van der Waals surface area contributed by atoms with Crippen molar-refractivity contribution in [3.8, 4) is 0 Å². The molecule has 0 bridgehead atoms. The third-order valence-electron chi connectivity index (χ3n) is 2.02. The van der Waals surface area contributed by atoms with Gasteiger partial charge in [-0.1, -0.05) is 18.2 Å². The van der Waals surface area contributed by atoms with Crippen LogP contribution in [0.2, 0.25) is 0 Å². The van der Waals surface area contributed by atoms with Crippen LogP contribution in [0.5, 0.6) is 0 Å². The minimum atomic E-state index is -6.01. The van der Waals surface area contributed by atoms with Crippen molar-refractivity contribution in [2.75, 3.05) is 0 Å². The summed E-state index contributed by atoms with van der Waals surface area (Å²) < 4.78 is 74.0. The quantitative estimate of drug-likeness (QED) is 0.539. The molecule has 0 saturated heterocycles. The van der Waals surface area contributed by atoms with Gasteiger partial charge in [0.05, 0.1) is 11.4 Å². The van der Waals surface area contributed by atoms with Gasteiger partial charge in [-0.25, -0.2) is 4.39 Å². The standard InChI is InChI=1S/C11H8F6N2/c1-7(9(12)10(13,14)11(15,16)17)18-19-8-5-3-2-4-6-8/h2-6H,1H3. The van der Waals surface area contributed by atoms with Gasteiger partial charge in [-0.05, 0) is 19.1 Å². The lowest BCUT2D eigenvalue weighted by Gasteiger charge is -2.17. The molecule has 0 saturated carbocycles. The van der Waals surface area contributed by atoms with E-state index in [4.69, 9.17) is 0 Å². The van der Waals surface area contributed by atoms with Crippen LogP contribution in [-0.2, 0) is 0 Å². The molecule has 8 heteroatoms. The van der Waals surface area contributed by atoms with E-state index in [9.17, 15) is 26.3 Å². The predicted octanol–water partition coefficient (Wildman–Crippen LogP) is 5.17. The van der Waals surface area contributed by atoms with E-state index < -0.39 is 23.6 Å². The minimum absolute atomic E-state index is 0.199. The van der Waals surface area contributed by atoms with E-state index in [2.05, 4.69) is 10.2 Å². The molecule has 1 aromatic rings. The summed E-state index contributed by atoms with van der Waals surface area (Å²) in [6.07, 6.45) is -6.01. The van der Waals surface area contributed by atoms with Gasteiger partial charge in [0, 0.05) is 0 Å². The Labute approximate surface area is 104 Å². The Hall–Kier alpha value is -1.86. The maximum atomic E-state index is 13.0. The first-order valence-corrected chi connectivity index (χ1v) is 4.94. The summed E-state index contributed by atoms with van der Waals surface area (Å²) in [6, 6.07) is 7.59. The second kappa shape index (κ2) is 5.41. The molecule has 0 aliphatic carbocycles. The molecule has 1 aromatic carbocycles. The first-order valence-electron chi connectivity index (χ1n) is 4.94. The van der Waals surface area contributed by atoms with E-state index in [1.165, 1.54) is 12.1 Å². The minimum Gasteiger partial charge on any atom is -0.203 e. The molecule has 0 aliphatic heterocycles. The van der Waals surface area contributed by atoms with Crippen LogP contribution in [0.3, 0.4) is 0 Å². The van der Waals surface area contributed by atoms with E-state index in [-0.39, 0.29) is 5.69 Å². The number of halogens is 6. The molecule has 19 heavy (non-hydrogen) atoms. The molecule has 1 rings (SSSR count). The summed E-state index contributed by atoms with van der Waals surface area (Å²) in [5.74, 6) is -8.24. The number of hydrogen-bond acceptors (Lipinski definition) is 2. The Morgan fingerprint density at radius 1 is 1.00 bits per heavy atom. The van der Waals surface area contributed by atoms with Gasteiger partial charge in [-0.3, -0.25) is 0 Å². The molecule has 104 valence electrons. The van der Waals surface area contributed by atoms with Crippen molar-refractivity contribution < 1.29 is 26.3 Å². The van der Waals surface area contributed by atoms with Gasteiger partial charge in [0.15, 0.2) is 0 Å². The van der Waals surface area contributed by atoms with Crippen molar-refractivity contribution in [1.29, 1.82) is 0 Å². The molecule has 0 N–H and O–H groups in total. The summed E-state index contributed by atoms with van der Waals surface area (Å²) in [5, 5.41) is 6.37. The van der Waals surface area contributed by atoms with Crippen molar-refractivity contribution in [2.24, 2.45) is 10.2 Å². The van der Waals surface area contributed by atoms with Gasteiger partial charge < -0.3 is 0 Å². The second-order valence-corrected chi connectivity index (χ2v) is 3.51. The fraction of sp³-hybridized carbons (Fsp3) is 0.273. The van der Waals surface area contributed by atoms with Crippen LogP contribution in [0.25, 0.3) is 0 Å². The smallest absolute Gasteiger partial charge is 0.203 e. The van der Waals surface area contributed by atoms with Crippen LogP contribution in [0.4, 0.5) is 32.0 Å². The summed E-state index contributed by atoms with van der Waals surface area (Å²) in [5.41, 5.74) is -0.934. The Morgan fingerprint density at radius 2 is 1.53 bits per heavy atom. The summed E-state index contributed by atoms with van der Waals surface area (Å²) in [6.45, 7) is 0.682. The molecule has 0 fully saturated rings. The number of azo groups is 1. The molecule has 0 atom stereocenters. The molecule has 0 aromatic heterocycles. The van der Waals surface area contributed by atoms with Gasteiger partial charge in [0.2, 0.25) is 5.83 Å². The highest BCUT2D eigenvalue weighted by atomic mass is 19.4. The fourth-order valence-corrected chi connectivity index (χ4v) is 1.02. The van der Waals surface area contributed by atoms with E-state index in [0.717, 1.165) is 0 Å². The highest BCUT2D eigenvalue weighted by Gasteiger charge is 2.62. The summed E-state index contributed by atoms with van der Waals surface area (Å²) >= 11 is 0. The normalized spacial score (nSPS) is 14.7. The van der Waals surface area contributed by atoms with Crippen molar-refractivity contribution >= 4 is 5.69 Å². The average molecular weight is 282 g/mol. The number of alkyl halides is 5. The number of rotatable bonds is 3. The number of allylic oxidation sites excluding steroid dienone is 2. The molecule has 0 aliphatic rings. The van der Waals surface area contributed by atoms with E-state index in [1.807, 2.05) is 0 Å². The van der Waals surface area contributed by atoms with Crippen LogP contribution in [-0.4, -0.2) is 12.1 Å². The monoisotopic (exact) mass is 282 g/mol. The summed E-state index contributed by atoms with van der Waals surface area (Å²) in [4.78, 5) is 0. The SMILES string of the molecule is CC(N=Nc1ccccc1)=C(F)C(F)(F)C(F)(F)F. The molecular weight excluding hydrogens is 274 g/mol. The average Bonchev–Trinajstić information content (AvgIpc) is 2.34. The number of hydrogen-bond donors (Lipinski definition) is 0. The van der Waals surface area contributed by atoms with Crippen LogP contribution < -0.4 is 0 Å². The lowest BCUT2D eigenvalue weighted by Crippen LogP contribution is -2.37. The maximum Gasteiger partial charge on any atom is 0.460 e. The molecule has 0 amide bonds. The maximum absolute atomic E-state index is 13.0. The molecular formula is C11H8F6N2. The van der Waals surface area contributed by atoms with E-state index in [1.54, 1.807) is 18.2 Å². The zero-order chi connectivity index (χ0) is 14.7.